The van der Waals surface area contributed by atoms with Crippen molar-refractivity contribution >= 4 is 5.97 Å². The Labute approximate surface area is 89.7 Å². The lowest BCUT2D eigenvalue weighted by molar-refractivity contribution is -0.0500. The van der Waals surface area contributed by atoms with Gasteiger partial charge in [-0.1, -0.05) is 0 Å². The third-order valence-corrected chi connectivity index (χ3v) is 1.89. The highest BCUT2D eigenvalue weighted by atomic mass is 19.3. The fourth-order valence-electron chi connectivity index (χ4n) is 1.19. The van der Waals surface area contributed by atoms with Crippen molar-refractivity contribution in [2.45, 2.75) is 13.5 Å². The van der Waals surface area contributed by atoms with Crippen molar-refractivity contribution in [1.29, 1.82) is 5.26 Å². The molecule has 1 N–H and O–H groups in total. The van der Waals surface area contributed by atoms with E-state index < -0.39 is 12.6 Å². The Morgan fingerprint density at radius 3 is 2.62 bits per heavy atom. The molecule has 16 heavy (non-hydrogen) atoms. The standard InChI is InChI=1S/C10H7F2NO3/c1-5-2-8(16-10(11)12)6(4-13)3-7(5)9(14)15/h2-3,10H,1H3,(H,14,15). The molecule has 0 bridgehead atoms. The molecule has 0 aliphatic carbocycles. The van der Waals surface area contributed by atoms with Gasteiger partial charge in [-0.25, -0.2) is 4.79 Å². The second kappa shape index (κ2) is 4.57. The van der Waals surface area contributed by atoms with Gasteiger partial charge in [-0.15, -0.1) is 0 Å². The molecular weight excluding hydrogens is 220 g/mol. The van der Waals surface area contributed by atoms with Crippen LogP contribution in [0.1, 0.15) is 21.5 Å². The molecule has 0 saturated carbocycles. The number of ether oxygens (including phenoxy) is 1. The molecular formula is C10H7F2NO3. The van der Waals surface area contributed by atoms with Crippen molar-refractivity contribution in [3.05, 3.63) is 28.8 Å². The lowest BCUT2D eigenvalue weighted by Crippen LogP contribution is -2.06. The predicted molar refractivity (Wildman–Crippen MR) is 49.5 cm³/mol. The van der Waals surface area contributed by atoms with Gasteiger partial charge in [-0.2, -0.15) is 14.0 Å². The van der Waals surface area contributed by atoms with Crippen LogP contribution in [-0.2, 0) is 0 Å². The SMILES string of the molecule is Cc1cc(OC(F)F)c(C#N)cc1C(=O)O. The molecule has 0 spiro atoms. The third kappa shape index (κ3) is 2.45. The van der Waals surface area contributed by atoms with Crippen molar-refractivity contribution < 1.29 is 23.4 Å². The predicted octanol–water partition coefficient (Wildman–Crippen LogP) is 2.17. The van der Waals surface area contributed by atoms with Crippen molar-refractivity contribution in [3.63, 3.8) is 0 Å². The fraction of sp³-hybridized carbons (Fsp3) is 0.200. The number of aryl methyl sites for hydroxylation is 1. The Hall–Kier alpha value is -2.16. The molecule has 1 rings (SSSR count). The van der Waals surface area contributed by atoms with Crippen LogP contribution in [0.25, 0.3) is 0 Å². The van der Waals surface area contributed by atoms with Crippen LogP contribution >= 0.6 is 0 Å². The van der Waals surface area contributed by atoms with E-state index in [1.54, 1.807) is 6.07 Å². The number of carboxylic acids is 1. The molecule has 0 heterocycles. The smallest absolute Gasteiger partial charge is 0.387 e. The zero-order valence-corrected chi connectivity index (χ0v) is 8.20. The Kier molecular flexibility index (Phi) is 3.40. The van der Waals surface area contributed by atoms with Gasteiger partial charge in [0.15, 0.2) is 0 Å². The lowest BCUT2D eigenvalue weighted by Gasteiger charge is -2.09. The van der Waals surface area contributed by atoms with E-state index in [2.05, 4.69) is 4.74 Å². The number of benzene rings is 1. The van der Waals surface area contributed by atoms with Gasteiger partial charge >= 0.3 is 12.6 Å². The largest absolute Gasteiger partial charge is 0.478 e. The third-order valence-electron chi connectivity index (χ3n) is 1.89. The van der Waals surface area contributed by atoms with Crippen molar-refractivity contribution in [3.8, 4) is 11.8 Å². The first-order valence-electron chi connectivity index (χ1n) is 4.18. The summed E-state index contributed by atoms with van der Waals surface area (Å²) in [5, 5.41) is 17.4. The van der Waals surface area contributed by atoms with Gasteiger partial charge in [0.25, 0.3) is 0 Å². The first-order chi connectivity index (χ1) is 7.45. The Bertz CT molecular complexity index is 466. The monoisotopic (exact) mass is 227 g/mol. The molecule has 84 valence electrons. The number of halogens is 2. The van der Waals surface area contributed by atoms with Crippen molar-refractivity contribution in [1.82, 2.24) is 0 Å². The molecule has 0 atom stereocenters. The number of alkyl halides is 2. The summed E-state index contributed by atoms with van der Waals surface area (Å²) < 4.78 is 28.1. The zero-order valence-electron chi connectivity index (χ0n) is 8.20. The second-order valence-electron chi connectivity index (χ2n) is 2.96. The summed E-state index contributed by atoms with van der Waals surface area (Å²) in [7, 11) is 0. The minimum absolute atomic E-state index is 0.113. The molecule has 4 nitrogen and oxygen atoms in total. The van der Waals surface area contributed by atoms with E-state index in [1.165, 1.54) is 6.92 Å². The van der Waals surface area contributed by atoms with Gasteiger partial charge in [0.05, 0.1) is 11.1 Å². The summed E-state index contributed by atoms with van der Waals surface area (Å²) in [5.41, 5.74) is -0.0939. The number of hydrogen-bond donors (Lipinski definition) is 1. The topological polar surface area (TPSA) is 70.3 Å². The normalized spacial score (nSPS) is 9.94. The van der Waals surface area contributed by atoms with E-state index in [0.29, 0.717) is 0 Å². The highest BCUT2D eigenvalue weighted by molar-refractivity contribution is 5.90. The van der Waals surface area contributed by atoms with Crippen LogP contribution in [0.4, 0.5) is 8.78 Å². The Morgan fingerprint density at radius 1 is 1.56 bits per heavy atom. The van der Waals surface area contributed by atoms with Crippen LogP contribution in [0.2, 0.25) is 0 Å². The average Bonchev–Trinajstić information content (AvgIpc) is 2.16. The zero-order chi connectivity index (χ0) is 12.3. The maximum atomic E-state index is 12.0. The van der Waals surface area contributed by atoms with E-state index >= 15 is 0 Å². The van der Waals surface area contributed by atoms with Gasteiger partial charge in [0.1, 0.15) is 11.8 Å². The van der Waals surface area contributed by atoms with Crippen LogP contribution < -0.4 is 4.74 Å². The fourth-order valence-corrected chi connectivity index (χ4v) is 1.19. The summed E-state index contributed by atoms with van der Waals surface area (Å²) >= 11 is 0. The minimum Gasteiger partial charge on any atom is -0.478 e. The molecule has 1 aromatic carbocycles. The first-order valence-corrected chi connectivity index (χ1v) is 4.18. The number of carbonyl (C=O) groups is 1. The van der Waals surface area contributed by atoms with E-state index in [9.17, 15) is 13.6 Å². The molecule has 0 fully saturated rings. The van der Waals surface area contributed by atoms with Gasteiger partial charge < -0.3 is 9.84 Å². The molecule has 0 saturated heterocycles. The maximum Gasteiger partial charge on any atom is 0.387 e. The van der Waals surface area contributed by atoms with Gasteiger partial charge in [-0.05, 0) is 24.6 Å². The van der Waals surface area contributed by atoms with Crippen LogP contribution in [-0.4, -0.2) is 17.7 Å². The first kappa shape index (κ1) is 11.9. The van der Waals surface area contributed by atoms with Crippen molar-refractivity contribution in [2.24, 2.45) is 0 Å². The Balaban J connectivity index is 3.28. The number of nitrogens with zero attached hydrogens (tertiary/aromatic N) is 1. The average molecular weight is 227 g/mol. The molecule has 1 aromatic rings. The minimum atomic E-state index is -3.05. The molecule has 6 heteroatoms. The van der Waals surface area contributed by atoms with E-state index in [4.69, 9.17) is 10.4 Å². The Morgan fingerprint density at radius 2 is 2.19 bits per heavy atom. The highest BCUT2D eigenvalue weighted by Crippen LogP contribution is 2.24. The summed E-state index contributed by atoms with van der Waals surface area (Å²) in [4.78, 5) is 10.7. The molecule has 0 aliphatic heterocycles. The van der Waals surface area contributed by atoms with Crippen LogP contribution in [0, 0.1) is 18.3 Å². The quantitative estimate of drug-likeness (QED) is 0.858. The molecule has 0 unspecified atom stereocenters. The molecule has 0 aliphatic rings. The van der Waals surface area contributed by atoms with E-state index in [-0.39, 0.29) is 22.4 Å². The van der Waals surface area contributed by atoms with Gasteiger partial charge in [0, 0.05) is 0 Å². The van der Waals surface area contributed by atoms with Gasteiger partial charge in [0.2, 0.25) is 0 Å². The van der Waals surface area contributed by atoms with E-state index in [1.807, 2.05) is 0 Å². The summed E-state index contributed by atoms with van der Waals surface area (Å²) in [6.45, 7) is -1.62. The summed E-state index contributed by atoms with van der Waals surface area (Å²) in [6, 6.07) is 3.72. The van der Waals surface area contributed by atoms with E-state index in [0.717, 1.165) is 12.1 Å². The number of carboxylic acid groups (broad SMARTS) is 1. The number of rotatable bonds is 3. The molecule has 0 radical (unpaired) electrons. The maximum absolute atomic E-state index is 12.0. The highest BCUT2D eigenvalue weighted by Gasteiger charge is 2.15. The van der Waals surface area contributed by atoms with Crippen LogP contribution in [0.3, 0.4) is 0 Å². The summed E-state index contributed by atoms with van der Waals surface area (Å²) in [6.07, 6.45) is 0. The summed E-state index contributed by atoms with van der Waals surface area (Å²) in [5.74, 6) is -1.54. The number of hydrogen-bond acceptors (Lipinski definition) is 3. The van der Waals surface area contributed by atoms with Gasteiger partial charge in [-0.3, -0.25) is 0 Å². The lowest BCUT2D eigenvalue weighted by atomic mass is 10.0. The van der Waals surface area contributed by atoms with Crippen LogP contribution in [0.5, 0.6) is 5.75 Å². The number of aromatic carboxylic acids is 1. The van der Waals surface area contributed by atoms with Crippen LogP contribution in [0.15, 0.2) is 12.1 Å². The molecule has 0 aromatic heterocycles. The number of nitriles is 1. The van der Waals surface area contributed by atoms with Crippen molar-refractivity contribution in [2.75, 3.05) is 0 Å². The second-order valence-corrected chi connectivity index (χ2v) is 2.96. The molecule has 0 amide bonds.